The highest BCUT2D eigenvalue weighted by atomic mass is 19.1. The zero-order valence-corrected chi connectivity index (χ0v) is 11.9. The zero-order chi connectivity index (χ0) is 15.8. The lowest BCUT2D eigenvalue weighted by Crippen LogP contribution is -2.13. The lowest BCUT2D eigenvalue weighted by molar-refractivity contribution is -0.134. The van der Waals surface area contributed by atoms with Gasteiger partial charge in [-0.3, -0.25) is 9.59 Å². The molecule has 1 amide bonds. The Bertz CT molecular complexity index is 643. The maximum Gasteiger partial charge on any atom is 0.311 e. The topological polar surface area (TPSA) is 55.4 Å². The summed E-state index contributed by atoms with van der Waals surface area (Å²) in [6.07, 6.45) is 0.587. The summed E-state index contributed by atoms with van der Waals surface area (Å²) in [5.41, 5.74) is 0.710. The van der Waals surface area contributed by atoms with Crippen molar-refractivity contribution in [2.45, 2.75) is 19.3 Å². The van der Waals surface area contributed by atoms with Gasteiger partial charge in [-0.05, 0) is 30.7 Å². The highest BCUT2D eigenvalue weighted by molar-refractivity contribution is 5.90. The van der Waals surface area contributed by atoms with Crippen molar-refractivity contribution in [1.29, 1.82) is 0 Å². The summed E-state index contributed by atoms with van der Waals surface area (Å²) in [6.45, 7) is 0. The summed E-state index contributed by atoms with van der Waals surface area (Å²) in [5.74, 6) is -1.42. The average molecular weight is 301 g/mol. The summed E-state index contributed by atoms with van der Waals surface area (Å²) in [7, 11) is 0. The molecule has 0 heterocycles. The summed E-state index contributed by atoms with van der Waals surface area (Å²) in [4.78, 5) is 23.3. The second-order valence-electron chi connectivity index (χ2n) is 4.67. The van der Waals surface area contributed by atoms with Gasteiger partial charge in [0.15, 0.2) is 11.6 Å². The standard InChI is InChI=1S/C17H16FNO3/c18-14-9-4-5-10-15(14)22-17(21)12-6-11-16(20)19-13-7-2-1-3-8-13/h1-5,7-10H,6,11-12H2,(H,19,20). The predicted octanol–water partition coefficient (Wildman–Crippen LogP) is 3.54. The third kappa shape index (κ3) is 5.01. The van der Waals surface area contributed by atoms with E-state index in [-0.39, 0.29) is 24.5 Å². The Morgan fingerprint density at radius 3 is 2.36 bits per heavy atom. The Morgan fingerprint density at radius 1 is 0.955 bits per heavy atom. The van der Waals surface area contributed by atoms with Gasteiger partial charge in [0.25, 0.3) is 0 Å². The highest BCUT2D eigenvalue weighted by Crippen LogP contribution is 2.16. The van der Waals surface area contributed by atoms with Crippen LogP contribution in [0.15, 0.2) is 54.6 Å². The molecule has 0 radical (unpaired) electrons. The van der Waals surface area contributed by atoms with E-state index >= 15 is 0 Å². The van der Waals surface area contributed by atoms with Gasteiger partial charge in [-0.2, -0.15) is 0 Å². The molecule has 0 unspecified atom stereocenters. The predicted molar refractivity (Wildman–Crippen MR) is 81.0 cm³/mol. The van der Waals surface area contributed by atoms with Crippen molar-refractivity contribution in [3.63, 3.8) is 0 Å². The van der Waals surface area contributed by atoms with Gasteiger partial charge >= 0.3 is 5.97 Å². The van der Waals surface area contributed by atoms with Gasteiger partial charge < -0.3 is 10.1 Å². The zero-order valence-electron chi connectivity index (χ0n) is 11.9. The quantitative estimate of drug-likeness (QED) is 0.656. The minimum Gasteiger partial charge on any atom is -0.423 e. The molecular formula is C17H16FNO3. The molecule has 0 aliphatic rings. The van der Waals surface area contributed by atoms with E-state index in [0.29, 0.717) is 12.1 Å². The van der Waals surface area contributed by atoms with Gasteiger partial charge in [-0.15, -0.1) is 0 Å². The van der Waals surface area contributed by atoms with E-state index in [1.165, 1.54) is 18.2 Å². The molecule has 2 aromatic carbocycles. The van der Waals surface area contributed by atoms with Crippen LogP contribution in [0.25, 0.3) is 0 Å². The van der Waals surface area contributed by atoms with Crippen molar-refractivity contribution in [3.8, 4) is 5.75 Å². The lowest BCUT2D eigenvalue weighted by Gasteiger charge is -2.06. The van der Waals surface area contributed by atoms with Crippen LogP contribution >= 0.6 is 0 Å². The second-order valence-corrected chi connectivity index (χ2v) is 4.67. The molecule has 0 fully saturated rings. The summed E-state index contributed by atoms with van der Waals surface area (Å²) in [6, 6.07) is 14.8. The molecule has 2 rings (SSSR count). The molecule has 0 bridgehead atoms. The average Bonchev–Trinajstić information content (AvgIpc) is 2.50. The monoisotopic (exact) mass is 301 g/mol. The van der Waals surface area contributed by atoms with E-state index in [0.717, 1.165) is 0 Å². The maximum absolute atomic E-state index is 13.3. The van der Waals surface area contributed by atoms with Crippen LogP contribution in [0.1, 0.15) is 19.3 Å². The number of esters is 1. The summed E-state index contributed by atoms with van der Waals surface area (Å²) in [5, 5.41) is 2.72. The molecule has 22 heavy (non-hydrogen) atoms. The van der Waals surface area contributed by atoms with Crippen LogP contribution in [0.2, 0.25) is 0 Å². The van der Waals surface area contributed by atoms with Crippen molar-refractivity contribution in [2.24, 2.45) is 0 Å². The molecule has 0 saturated carbocycles. The number of carbonyl (C=O) groups is 2. The number of ether oxygens (including phenoxy) is 1. The van der Waals surface area contributed by atoms with Crippen LogP contribution in [-0.2, 0) is 9.59 Å². The number of rotatable bonds is 6. The molecule has 114 valence electrons. The van der Waals surface area contributed by atoms with Crippen LogP contribution < -0.4 is 10.1 Å². The molecule has 0 saturated heterocycles. The number of halogens is 1. The number of nitrogens with one attached hydrogen (secondary N) is 1. The molecule has 5 heteroatoms. The molecule has 0 aliphatic carbocycles. The van der Waals surface area contributed by atoms with E-state index in [4.69, 9.17) is 4.74 Å². The second kappa shape index (κ2) is 7.93. The normalized spacial score (nSPS) is 10.0. The smallest absolute Gasteiger partial charge is 0.311 e. The summed E-state index contributed by atoms with van der Waals surface area (Å²) < 4.78 is 18.2. The largest absolute Gasteiger partial charge is 0.423 e. The SMILES string of the molecule is O=C(CCCC(=O)Oc1ccccc1F)Nc1ccccc1. The number of carbonyl (C=O) groups excluding carboxylic acids is 2. The van der Waals surface area contributed by atoms with Gasteiger partial charge in [-0.1, -0.05) is 30.3 Å². The number of hydrogen-bond acceptors (Lipinski definition) is 3. The fourth-order valence-electron chi connectivity index (χ4n) is 1.84. The van der Waals surface area contributed by atoms with Gasteiger partial charge in [0.2, 0.25) is 5.91 Å². The Hall–Kier alpha value is -2.69. The number of para-hydroxylation sites is 2. The molecule has 4 nitrogen and oxygen atoms in total. The van der Waals surface area contributed by atoms with E-state index in [1.54, 1.807) is 18.2 Å². The van der Waals surface area contributed by atoms with Crippen molar-refractivity contribution in [1.82, 2.24) is 0 Å². The fourth-order valence-corrected chi connectivity index (χ4v) is 1.84. The molecule has 0 atom stereocenters. The van der Waals surface area contributed by atoms with Crippen molar-refractivity contribution in [2.75, 3.05) is 5.32 Å². The van der Waals surface area contributed by atoms with Crippen LogP contribution in [0.5, 0.6) is 5.75 Å². The number of hydrogen-bond donors (Lipinski definition) is 1. The Labute approximate surface area is 127 Å². The first-order valence-corrected chi connectivity index (χ1v) is 6.95. The Balaban J connectivity index is 1.71. The third-order valence-corrected chi connectivity index (χ3v) is 2.90. The minimum absolute atomic E-state index is 0.0521. The third-order valence-electron chi connectivity index (χ3n) is 2.90. The summed E-state index contributed by atoms with van der Waals surface area (Å²) >= 11 is 0. The van der Waals surface area contributed by atoms with E-state index in [1.807, 2.05) is 18.2 Å². The first-order valence-electron chi connectivity index (χ1n) is 6.95. The van der Waals surface area contributed by atoms with Crippen molar-refractivity contribution in [3.05, 3.63) is 60.4 Å². The van der Waals surface area contributed by atoms with E-state index in [9.17, 15) is 14.0 Å². The van der Waals surface area contributed by atoms with Gasteiger partial charge in [0.05, 0.1) is 0 Å². The van der Waals surface area contributed by atoms with Gasteiger partial charge in [0, 0.05) is 18.5 Å². The van der Waals surface area contributed by atoms with Crippen LogP contribution in [-0.4, -0.2) is 11.9 Å². The Morgan fingerprint density at radius 2 is 1.64 bits per heavy atom. The molecule has 2 aromatic rings. The maximum atomic E-state index is 13.3. The van der Waals surface area contributed by atoms with Crippen LogP contribution in [0.4, 0.5) is 10.1 Å². The first-order chi connectivity index (χ1) is 10.6. The molecule has 1 N–H and O–H groups in total. The van der Waals surface area contributed by atoms with Gasteiger partial charge in [-0.25, -0.2) is 4.39 Å². The van der Waals surface area contributed by atoms with Gasteiger partial charge in [0.1, 0.15) is 0 Å². The van der Waals surface area contributed by atoms with E-state index in [2.05, 4.69) is 5.32 Å². The highest BCUT2D eigenvalue weighted by Gasteiger charge is 2.10. The van der Waals surface area contributed by atoms with Crippen LogP contribution in [0.3, 0.4) is 0 Å². The number of benzene rings is 2. The van der Waals surface area contributed by atoms with Crippen LogP contribution in [0, 0.1) is 5.82 Å². The first kappa shape index (κ1) is 15.7. The minimum atomic E-state index is -0.585. The number of amides is 1. The lowest BCUT2D eigenvalue weighted by atomic mass is 10.2. The molecule has 0 spiro atoms. The Kier molecular flexibility index (Phi) is 5.65. The number of anilines is 1. The fraction of sp³-hybridized carbons (Fsp3) is 0.176. The molecular weight excluding hydrogens is 285 g/mol. The van der Waals surface area contributed by atoms with E-state index < -0.39 is 11.8 Å². The van der Waals surface area contributed by atoms with Crippen molar-refractivity contribution >= 4 is 17.6 Å². The molecule has 0 aromatic heterocycles. The molecule has 0 aliphatic heterocycles. The van der Waals surface area contributed by atoms with Crippen molar-refractivity contribution < 1.29 is 18.7 Å².